The molecule has 0 aliphatic heterocycles. The predicted octanol–water partition coefficient (Wildman–Crippen LogP) is 6.15. The van der Waals surface area contributed by atoms with Gasteiger partial charge in [-0.3, -0.25) is 9.59 Å². The van der Waals surface area contributed by atoms with Gasteiger partial charge in [-0.05, 0) is 55.0 Å². The Kier molecular flexibility index (Phi) is 8.23. The number of benzene rings is 3. The molecule has 0 aliphatic rings. The van der Waals surface area contributed by atoms with Gasteiger partial charge in [0.15, 0.2) is 0 Å². The average Bonchev–Trinajstić information content (AvgIpc) is 2.81. The lowest BCUT2D eigenvalue weighted by Crippen LogP contribution is -2.14. The van der Waals surface area contributed by atoms with Crippen molar-refractivity contribution in [1.82, 2.24) is 0 Å². The van der Waals surface area contributed by atoms with Crippen LogP contribution in [-0.4, -0.2) is 18.4 Å². The van der Waals surface area contributed by atoms with Gasteiger partial charge in [0.1, 0.15) is 5.75 Å². The van der Waals surface area contributed by atoms with Gasteiger partial charge in [-0.1, -0.05) is 56.5 Å². The van der Waals surface area contributed by atoms with Crippen LogP contribution in [0.15, 0.2) is 78.9 Å². The molecule has 0 unspecified atom stereocenters. The van der Waals surface area contributed by atoms with E-state index in [-0.39, 0.29) is 11.8 Å². The Hall–Kier alpha value is -3.60. The van der Waals surface area contributed by atoms with Crippen molar-refractivity contribution in [2.45, 2.75) is 32.6 Å². The zero-order valence-electron chi connectivity index (χ0n) is 17.8. The molecule has 0 atom stereocenters. The minimum absolute atomic E-state index is 0.178. The fourth-order valence-electron chi connectivity index (χ4n) is 3.12. The van der Waals surface area contributed by atoms with Crippen LogP contribution < -0.4 is 15.4 Å². The molecule has 3 rings (SSSR count). The Bertz CT molecular complexity index is 985. The molecule has 5 nitrogen and oxygen atoms in total. The van der Waals surface area contributed by atoms with E-state index in [0.717, 1.165) is 12.8 Å². The van der Waals surface area contributed by atoms with E-state index in [2.05, 4.69) is 17.6 Å². The fourth-order valence-corrected chi connectivity index (χ4v) is 3.12. The summed E-state index contributed by atoms with van der Waals surface area (Å²) in [5, 5.41) is 5.74. The van der Waals surface area contributed by atoms with Crippen LogP contribution in [0.3, 0.4) is 0 Å². The Labute approximate surface area is 183 Å². The maximum atomic E-state index is 12.8. The highest BCUT2D eigenvalue weighted by Crippen LogP contribution is 2.21. The Balaban J connectivity index is 1.58. The molecule has 3 aromatic carbocycles. The maximum Gasteiger partial charge on any atom is 0.259 e. The molecule has 31 heavy (non-hydrogen) atoms. The summed E-state index contributed by atoms with van der Waals surface area (Å²) in [6.45, 7) is 2.77. The third kappa shape index (κ3) is 6.71. The first-order chi connectivity index (χ1) is 15.2. The smallest absolute Gasteiger partial charge is 0.259 e. The van der Waals surface area contributed by atoms with Gasteiger partial charge in [0.2, 0.25) is 0 Å². The molecule has 0 aromatic heterocycles. The summed E-state index contributed by atoms with van der Waals surface area (Å²) in [6.07, 6.45) is 4.46. The lowest BCUT2D eigenvalue weighted by molar-refractivity contribution is 0.101. The number of para-hydroxylation sites is 1. The summed E-state index contributed by atoms with van der Waals surface area (Å²) >= 11 is 0. The summed E-state index contributed by atoms with van der Waals surface area (Å²) in [5.74, 6) is 0.177. The molecule has 160 valence electrons. The van der Waals surface area contributed by atoms with Crippen molar-refractivity contribution in [2.24, 2.45) is 0 Å². The van der Waals surface area contributed by atoms with Crippen molar-refractivity contribution in [2.75, 3.05) is 17.2 Å². The number of ether oxygens (including phenoxy) is 1. The van der Waals surface area contributed by atoms with E-state index in [4.69, 9.17) is 4.74 Å². The number of carbonyl (C=O) groups is 2. The minimum atomic E-state index is -0.231. The summed E-state index contributed by atoms with van der Waals surface area (Å²) in [6, 6.07) is 23.3. The largest absolute Gasteiger partial charge is 0.493 e. The van der Waals surface area contributed by atoms with Crippen LogP contribution in [0.2, 0.25) is 0 Å². The van der Waals surface area contributed by atoms with Gasteiger partial charge in [0, 0.05) is 16.9 Å². The number of amides is 2. The van der Waals surface area contributed by atoms with E-state index >= 15 is 0 Å². The molecular weight excluding hydrogens is 388 g/mol. The predicted molar refractivity (Wildman–Crippen MR) is 125 cm³/mol. The maximum absolute atomic E-state index is 12.8. The van der Waals surface area contributed by atoms with Crippen LogP contribution in [0.25, 0.3) is 0 Å². The molecule has 2 amide bonds. The first kappa shape index (κ1) is 22.1. The van der Waals surface area contributed by atoms with Gasteiger partial charge in [0.05, 0.1) is 12.2 Å². The van der Waals surface area contributed by atoms with Crippen molar-refractivity contribution in [1.29, 1.82) is 0 Å². The number of hydrogen-bond donors (Lipinski definition) is 2. The first-order valence-electron chi connectivity index (χ1n) is 10.7. The molecule has 0 aliphatic carbocycles. The molecule has 3 aromatic rings. The van der Waals surface area contributed by atoms with E-state index in [1.54, 1.807) is 42.5 Å². The van der Waals surface area contributed by atoms with E-state index in [1.807, 2.05) is 36.4 Å². The van der Waals surface area contributed by atoms with E-state index < -0.39 is 0 Å². The van der Waals surface area contributed by atoms with Gasteiger partial charge in [0.25, 0.3) is 11.8 Å². The molecule has 2 N–H and O–H groups in total. The van der Waals surface area contributed by atoms with Crippen LogP contribution in [-0.2, 0) is 0 Å². The lowest BCUT2D eigenvalue weighted by atomic mass is 10.1. The highest BCUT2D eigenvalue weighted by atomic mass is 16.5. The molecule has 0 saturated heterocycles. The Morgan fingerprint density at radius 2 is 1.32 bits per heavy atom. The third-order valence-electron chi connectivity index (χ3n) is 4.82. The van der Waals surface area contributed by atoms with Crippen LogP contribution in [0.1, 0.15) is 53.3 Å². The van der Waals surface area contributed by atoms with Gasteiger partial charge in [-0.25, -0.2) is 0 Å². The van der Waals surface area contributed by atoms with Crippen molar-refractivity contribution in [3.05, 3.63) is 90.0 Å². The number of unbranched alkanes of at least 4 members (excludes halogenated alkanes) is 3. The highest BCUT2D eigenvalue weighted by Gasteiger charge is 2.13. The molecule has 0 heterocycles. The zero-order chi connectivity index (χ0) is 21.9. The summed E-state index contributed by atoms with van der Waals surface area (Å²) in [4.78, 5) is 25.0. The quantitative estimate of drug-likeness (QED) is 0.390. The first-order valence-corrected chi connectivity index (χ1v) is 10.7. The van der Waals surface area contributed by atoms with Gasteiger partial charge >= 0.3 is 0 Å². The molecule has 5 heteroatoms. The van der Waals surface area contributed by atoms with Crippen molar-refractivity contribution in [3.63, 3.8) is 0 Å². The van der Waals surface area contributed by atoms with Crippen LogP contribution in [0.4, 0.5) is 11.4 Å². The topological polar surface area (TPSA) is 67.4 Å². The molecule has 0 saturated carbocycles. The van der Waals surface area contributed by atoms with Crippen LogP contribution in [0, 0.1) is 0 Å². The molecule has 0 fully saturated rings. The Morgan fingerprint density at radius 3 is 2.00 bits per heavy atom. The highest BCUT2D eigenvalue weighted by molar-refractivity contribution is 6.07. The third-order valence-corrected chi connectivity index (χ3v) is 4.82. The van der Waals surface area contributed by atoms with Crippen LogP contribution >= 0.6 is 0 Å². The second-order valence-corrected chi connectivity index (χ2v) is 7.26. The normalized spacial score (nSPS) is 10.4. The summed E-state index contributed by atoms with van der Waals surface area (Å²) < 4.78 is 5.84. The number of hydrogen-bond acceptors (Lipinski definition) is 3. The number of anilines is 2. The molecule has 0 radical (unpaired) electrons. The Morgan fingerprint density at radius 1 is 0.710 bits per heavy atom. The van der Waals surface area contributed by atoms with E-state index in [0.29, 0.717) is 34.9 Å². The van der Waals surface area contributed by atoms with Crippen molar-refractivity contribution >= 4 is 23.2 Å². The second-order valence-electron chi connectivity index (χ2n) is 7.26. The van der Waals surface area contributed by atoms with Gasteiger partial charge in [-0.15, -0.1) is 0 Å². The SMILES string of the molecule is CCCCCCOc1ccccc1C(=O)Nc1ccc(NC(=O)c2ccccc2)cc1. The molecular formula is C26H28N2O3. The monoisotopic (exact) mass is 416 g/mol. The number of rotatable bonds is 10. The molecule has 0 bridgehead atoms. The standard InChI is InChI=1S/C26H28N2O3/c1-2-3-4-10-19-31-24-14-9-8-13-23(24)26(30)28-22-17-15-21(16-18-22)27-25(29)20-11-6-5-7-12-20/h5-9,11-18H,2-4,10,19H2,1H3,(H,27,29)(H,28,30). The molecule has 0 spiro atoms. The van der Waals surface area contributed by atoms with E-state index in [9.17, 15) is 9.59 Å². The van der Waals surface area contributed by atoms with Gasteiger partial charge in [-0.2, -0.15) is 0 Å². The zero-order valence-corrected chi connectivity index (χ0v) is 17.8. The second kappa shape index (κ2) is 11.6. The van der Waals surface area contributed by atoms with Crippen LogP contribution in [0.5, 0.6) is 5.75 Å². The van der Waals surface area contributed by atoms with Crippen molar-refractivity contribution < 1.29 is 14.3 Å². The summed E-state index contributed by atoms with van der Waals surface area (Å²) in [7, 11) is 0. The summed E-state index contributed by atoms with van der Waals surface area (Å²) in [5.41, 5.74) is 2.38. The van der Waals surface area contributed by atoms with Crippen molar-refractivity contribution in [3.8, 4) is 5.75 Å². The minimum Gasteiger partial charge on any atom is -0.493 e. The fraction of sp³-hybridized carbons (Fsp3) is 0.231. The lowest BCUT2D eigenvalue weighted by Gasteiger charge is -2.12. The average molecular weight is 417 g/mol. The number of carbonyl (C=O) groups excluding carboxylic acids is 2. The van der Waals surface area contributed by atoms with Gasteiger partial charge < -0.3 is 15.4 Å². The van der Waals surface area contributed by atoms with E-state index in [1.165, 1.54) is 12.8 Å². The number of nitrogens with one attached hydrogen (secondary N) is 2.